The maximum atomic E-state index is 12.0. The van der Waals surface area contributed by atoms with Gasteiger partial charge in [-0.15, -0.1) is 0 Å². The number of hydrogen-bond donors (Lipinski definition) is 0. The van der Waals surface area contributed by atoms with Crippen LogP contribution in [0.5, 0.6) is 5.75 Å². The number of esters is 2. The first kappa shape index (κ1) is 16.4. The molecule has 25 heavy (non-hydrogen) atoms. The molecule has 0 unspecified atom stereocenters. The fourth-order valence-corrected chi connectivity index (χ4v) is 2.28. The first-order valence-electron chi connectivity index (χ1n) is 7.46. The zero-order valence-electron chi connectivity index (χ0n) is 13.7. The van der Waals surface area contributed by atoms with Gasteiger partial charge in [0.25, 0.3) is 0 Å². The molecule has 0 radical (unpaired) electrons. The van der Waals surface area contributed by atoms with Crippen LogP contribution in [0.1, 0.15) is 21.5 Å². The molecule has 1 aliphatic heterocycles. The summed E-state index contributed by atoms with van der Waals surface area (Å²) in [5.74, 6) is -0.0823. The van der Waals surface area contributed by atoms with Gasteiger partial charge in [0.2, 0.25) is 5.90 Å². The van der Waals surface area contributed by atoms with Gasteiger partial charge in [0.15, 0.2) is 5.70 Å². The van der Waals surface area contributed by atoms with E-state index in [4.69, 9.17) is 9.47 Å². The van der Waals surface area contributed by atoms with Gasteiger partial charge in [-0.05, 0) is 42.0 Å². The molecule has 0 atom stereocenters. The highest BCUT2D eigenvalue weighted by Gasteiger charge is 2.24. The van der Waals surface area contributed by atoms with Crippen molar-refractivity contribution in [1.29, 1.82) is 0 Å². The number of carbonyl (C=O) groups is 2. The monoisotopic (exact) mass is 337 g/mol. The number of benzene rings is 2. The highest BCUT2D eigenvalue weighted by Crippen LogP contribution is 2.21. The van der Waals surface area contributed by atoms with E-state index in [9.17, 15) is 9.59 Å². The van der Waals surface area contributed by atoms with Crippen molar-refractivity contribution in [2.75, 3.05) is 14.2 Å². The van der Waals surface area contributed by atoms with Gasteiger partial charge in [0.05, 0.1) is 19.8 Å². The lowest BCUT2D eigenvalue weighted by Gasteiger charge is -2.02. The summed E-state index contributed by atoms with van der Waals surface area (Å²) >= 11 is 0. The molecule has 0 saturated heterocycles. The van der Waals surface area contributed by atoms with Crippen molar-refractivity contribution in [3.05, 3.63) is 70.9 Å². The predicted molar refractivity (Wildman–Crippen MR) is 91.4 cm³/mol. The van der Waals surface area contributed by atoms with Crippen LogP contribution in [0.3, 0.4) is 0 Å². The third-order valence-electron chi connectivity index (χ3n) is 3.57. The normalized spacial score (nSPS) is 14.9. The SMILES string of the molecule is COC(=O)c1ccc(/C=C2\N=C(c3cccc(OC)c3)OC2=O)cc1. The van der Waals surface area contributed by atoms with Crippen LogP contribution in [0.25, 0.3) is 6.08 Å². The first-order valence-corrected chi connectivity index (χ1v) is 7.46. The van der Waals surface area contributed by atoms with Crippen molar-refractivity contribution in [2.24, 2.45) is 4.99 Å². The Morgan fingerprint density at radius 3 is 2.56 bits per heavy atom. The zero-order valence-corrected chi connectivity index (χ0v) is 13.7. The summed E-state index contributed by atoms with van der Waals surface area (Å²) in [7, 11) is 2.88. The van der Waals surface area contributed by atoms with Crippen molar-refractivity contribution in [2.45, 2.75) is 0 Å². The van der Waals surface area contributed by atoms with E-state index in [1.807, 2.05) is 0 Å². The second-order valence-corrected chi connectivity index (χ2v) is 5.18. The van der Waals surface area contributed by atoms with E-state index in [1.165, 1.54) is 7.11 Å². The highest BCUT2D eigenvalue weighted by molar-refractivity contribution is 6.13. The van der Waals surface area contributed by atoms with Crippen molar-refractivity contribution >= 4 is 23.9 Å². The molecular formula is C19H15NO5. The van der Waals surface area contributed by atoms with Gasteiger partial charge < -0.3 is 14.2 Å². The van der Waals surface area contributed by atoms with Crippen molar-refractivity contribution in [1.82, 2.24) is 0 Å². The van der Waals surface area contributed by atoms with Crippen LogP contribution in [0.4, 0.5) is 0 Å². The van der Waals surface area contributed by atoms with Crippen LogP contribution in [0, 0.1) is 0 Å². The predicted octanol–water partition coefficient (Wildman–Crippen LogP) is 2.83. The second-order valence-electron chi connectivity index (χ2n) is 5.18. The van der Waals surface area contributed by atoms with Crippen LogP contribution in [0.2, 0.25) is 0 Å². The molecule has 2 aromatic rings. The number of carbonyl (C=O) groups excluding carboxylic acids is 2. The quantitative estimate of drug-likeness (QED) is 0.633. The Hall–Kier alpha value is -3.41. The highest BCUT2D eigenvalue weighted by atomic mass is 16.6. The number of nitrogens with zero attached hydrogens (tertiary/aromatic N) is 1. The van der Waals surface area contributed by atoms with Gasteiger partial charge in [-0.2, -0.15) is 0 Å². The average molecular weight is 337 g/mol. The maximum absolute atomic E-state index is 12.0. The van der Waals surface area contributed by atoms with Crippen molar-refractivity contribution in [3.63, 3.8) is 0 Å². The molecular weight excluding hydrogens is 322 g/mol. The molecule has 0 saturated carbocycles. The Labute approximate surface area is 144 Å². The Bertz CT molecular complexity index is 881. The minimum atomic E-state index is -0.533. The molecule has 1 aliphatic rings. The summed E-state index contributed by atoms with van der Waals surface area (Å²) < 4.78 is 15.0. The molecule has 0 N–H and O–H groups in total. The number of cyclic esters (lactones) is 1. The molecule has 0 spiro atoms. The van der Waals surface area contributed by atoms with Crippen LogP contribution < -0.4 is 4.74 Å². The lowest BCUT2D eigenvalue weighted by molar-refractivity contribution is -0.129. The summed E-state index contributed by atoms with van der Waals surface area (Å²) in [5, 5.41) is 0. The maximum Gasteiger partial charge on any atom is 0.363 e. The van der Waals surface area contributed by atoms with E-state index in [1.54, 1.807) is 61.7 Å². The van der Waals surface area contributed by atoms with Crippen molar-refractivity contribution in [3.8, 4) is 5.75 Å². The lowest BCUT2D eigenvalue weighted by atomic mass is 10.1. The minimum Gasteiger partial charge on any atom is -0.497 e. The van der Waals surface area contributed by atoms with E-state index >= 15 is 0 Å². The summed E-state index contributed by atoms with van der Waals surface area (Å²) in [6.07, 6.45) is 1.59. The largest absolute Gasteiger partial charge is 0.497 e. The standard InChI is InChI=1S/C19H15NO5/c1-23-15-5-3-4-14(11-15)17-20-16(19(22)25-17)10-12-6-8-13(9-7-12)18(21)24-2/h3-11H,1-2H3/b16-10-. The average Bonchev–Trinajstić information content (AvgIpc) is 3.02. The molecule has 0 aromatic heterocycles. The smallest absolute Gasteiger partial charge is 0.363 e. The van der Waals surface area contributed by atoms with Gasteiger partial charge in [-0.25, -0.2) is 14.6 Å². The summed E-state index contributed by atoms with van der Waals surface area (Å²) in [6, 6.07) is 13.7. The Morgan fingerprint density at radius 2 is 1.88 bits per heavy atom. The molecule has 3 rings (SSSR count). The molecule has 6 heteroatoms. The molecule has 6 nitrogen and oxygen atoms in total. The number of rotatable bonds is 4. The molecule has 1 heterocycles. The summed E-state index contributed by atoms with van der Waals surface area (Å²) in [5.41, 5.74) is 1.98. The Kier molecular flexibility index (Phi) is 4.61. The molecule has 0 bridgehead atoms. The molecule has 0 aliphatic carbocycles. The number of ether oxygens (including phenoxy) is 3. The molecule has 126 valence electrons. The minimum absolute atomic E-state index is 0.184. The summed E-state index contributed by atoms with van der Waals surface area (Å²) in [4.78, 5) is 27.7. The number of aliphatic imine (C=N–C) groups is 1. The van der Waals surface area contributed by atoms with Gasteiger partial charge in [0, 0.05) is 5.56 Å². The Balaban J connectivity index is 1.86. The van der Waals surface area contributed by atoms with Crippen LogP contribution >= 0.6 is 0 Å². The van der Waals surface area contributed by atoms with E-state index in [-0.39, 0.29) is 11.6 Å². The van der Waals surface area contributed by atoms with E-state index < -0.39 is 11.9 Å². The first-order chi connectivity index (χ1) is 12.1. The number of methoxy groups -OCH3 is 2. The van der Waals surface area contributed by atoms with Gasteiger partial charge in [-0.3, -0.25) is 0 Å². The van der Waals surface area contributed by atoms with Crippen LogP contribution in [0.15, 0.2) is 59.2 Å². The van der Waals surface area contributed by atoms with E-state index in [0.29, 0.717) is 16.9 Å². The molecule has 0 fully saturated rings. The fourth-order valence-electron chi connectivity index (χ4n) is 2.28. The zero-order chi connectivity index (χ0) is 17.8. The topological polar surface area (TPSA) is 74.2 Å². The van der Waals surface area contributed by atoms with Gasteiger partial charge >= 0.3 is 11.9 Å². The van der Waals surface area contributed by atoms with Crippen LogP contribution in [-0.2, 0) is 14.3 Å². The number of hydrogen-bond acceptors (Lipinski definition) is 6. The molecule has 0 amide bonds. The van der Waals surface area contributed by atoms with E-state index in [0.717, 1.165) is 5.56 Å². The summed E-state index contributed by atoms with van der Waals surface area (Å²) in [6.45, 7) is 0. The fraction of sp³-hybridized carbons (Fsp3) is 0.105. The second kappa shape index (κ2) is 7.00. The molecule has 2 aromatic carbocycles. The van der Waals surface area contributed by atoms with Gasteiger partial charge in [-0.1, -0.05) is 18.2 Å². The third-order valence-corrected chi connectivity index (χ3v) is 3.57. The van der Waals surface area contributed by atoms with Gasteiger partial charge in [0.1, 0.15) is 5.75 Å². The third kappa shape index (κ3) is 3.58. The lowest BCUT2D eigenvalue weighted by Crippen LogP contribution is -2.05. The Morgan fingerprint density at radius 1 is 1.12 bits per heavy atom. The van der Waals surface area contributed by atoms with Crippen LogP contribution in [-0.4, -0.2) is 32.1 Å². The van der Waals surface area contributed by atoms with Crippen molar-refractivity contribution < 1.29 is 23.8 Å². The van der Waals surface area contributed by atoms with E-state index in [2.05, 4.69) is 9.73 Å².